The maximum absolute atomic E-state index is 12.7. The van der Waals surface area contributed by atoms with Crippen LogP contribution >= 0.6 is 11.6 Å². The Balaban J connectivity index is 1.83. The zero-order valence-electron chi connectivity index (χ0n) is 16.9. The van der Waals surface area contributed by atoms with Crippen LogP contribution in [0.15, 0.2) is 30.5 Å². The van der Waals surface area contributed by atoms with Crippen LogP contribution in [0.3, 0.4) is 0 Å². The maximum atomic E-state index is 12.7. The average Bonchev–Trinajstić information content (AvgIpc) is 2.70. The Morgan fingerprint density at radius 1 is 1.28 bits per heavy atom. The van der Waals surface area contributed by atoms with Crippen molar-refractivity contribution in [3.05, 3.63) is 41.2 Å². The first kappa shape index (κ1) is 21.5. The van der Waals surface area contributed by atoms with E-state index in [9.17, 15) is 9.90 Å². The molecule has 1 saturated carbocycles. The number of carbonyl (C=O) groups excluding carboxylic acids is 1. The molecule has 6 nitrogen and oxygen atoms in total. The highest BCUT2D eigenvalue weighted by molar-refractivity contribution is 6.30. The fourth-order valence-electron chi connectivity index (χ4n) is 3.30. The third-order valence-electron chi connectivity index (χ3n) is 5.07. The van der Waals surface area contributed by atoms with Crippen molar-refractivity contribution < 1.29 is 14.6 Å². The molecule has 0 spiro atoms. The lowest BCUT2D eigenvalue weighted by atomic mass is 9.92. The van der Waals surface area contributed by atoms with Crippen LogP contribution in [0.4, 0.5) is 0 Å². The number of ether oxygens (including phenoxy) is 1. The van der Waals surface area contributed by atoms with Gasteiger partial charge in [0, 0.05) is 10.6 Å². The van der Waals surface area contributed by atoms with E-state index in [1.54, 1.807) is 12.1 Å². The molecule has 3 rings (SSSR count). The first-order valence-corrected chi connectivity index (χ1v) is 10.6. The van der Waals surface area contributed by atoms with Crippen LogP contribution in [0.25, 0.3) is 11.3 Å². The molecule has 1 aromatic heterocycles. The molecule has 156 valence electrons. The van der Waals surface area contributed by atoms with Gasteiger partial charge in [-0.25, -0.2) is 9.97 Å². The minimum atomic E-state index is -0.518. The van der Waals surface area contributed by atoms with Gasteiger partial charge in [0.15, 0.2) is 0 Å². The van der Waals surface area contributed by atoms with Crippen LogP contribution in [-0.4, -0.2) is 39.7 Å². The largest absolute Gasteiger partial charge is 0.476 e. The number of aliphatic hydroxyl groups is 1. The Hall–Kier alpha value is -2.18. The van der Waals surface area contributed by atoms with Crippen molar-refractivity contribution in [2.24, 2.45) is 5.92 Å². The number of rotatable bonds is 7. The molecule has 29 heavy (non-hydrogen) atoms. The number of aromatic nitrogens is 2. The van der Waals surface area contributed by atoms with Crippen molar-refractivity contribution >= 4 is 17.5 Å². The van der Waals surface area contributed by atoms with E-state index in [-0.39, 0.29) is 17.6 Å². The fourth-order valence-corrected chi connectivity index (χ4v) is 3.43. The Morgan fingerprint density at radius 3 is 2.69 bits per heavy atom. The molecule has 1 aliphatic carbocycles. The van der Waals surface area contributed by atoms with E-state index >= 15 is 0 Å². The summed E-state index contributed by atoms with van der Waals surface area (Å²) in [5.74, 6) is 0.559. The Bertz CT molecular complexity index is 827. The summed E-state index contributed by atoms with van der Waals surface area (Å²) in [7, 11) is 0. The van der Waals surface area contributed by atoms with Crippen molar-refractivity contribution in [3.8, 4) is 17.1 Å². The molecule has 2 N–H and O–H groups in total. The van der Waals surface area contributed by atoms with E-state index in [0.29, 0.717) is 35.5 Å². The van der Waals surface area contributed by atoms with Gasteiger partial charge in [0.2, 0.25) is 5.88 Å². The molecule has 0 unspecified atom stereocenters. The molecule has 7 heteroatoms. The zero-order chi connectivity index (χ0) is 20.8. The number of nitrogens with one attached hydrogen (secondary N) is 1. The number of carbonyl (C=O) groups is 1. The highest BCUT2D eigenvalue weighted by Gasteiger charge is 2.26. The number of aliphatic hydroxyl groups excluding tert-OH is 1. The van der Waals surface area contributed by atoms with Crippen LogP contribution in [0.2, 0.25) is 5.02 Å². The number of hydrogen-bond acceptors (Lipinski definition) is 5. The number of nitrogens with zero attached hydrogens (tertiary/aromatic N) is 2. The molecular weight excluding hydrogens is 390 g/mol. The van der Waals surface area contributed by atoms with Gasteiger partial charge in [0.1, 0.15) is 11.4 Å². The van der Waals surface area contributed by atoms with Gasteiger partial charge in [-0.15, -0.1) is 0 Å². The summed E-state index contributed by atoms with van der Waals surface area (Å²) < 4.78 is 5.86. The minimum Gasteiger partial charge on any atom is -0.476 e. The van der Waals surface area contributed by atoms with Gasteiger partial charge >= 0.3 is 0 Å². The average molecular weight is 418 g/mol. The maximum Gasteiger partial charge on any atom is 0.271 e. The van der Waals surface area contributed by atoms with Gasteiger partial charge in [-0.1, -0.05) is 50.4 Å². The van der Waals surface area contributed by atoms with Crippen molar-refractivity contribution in [2.75, 3.05) is 6.61 Å². The topological polar surface area (TPSA) is 84.3 Å². The van der Waals surface area contributed by atoms with E-state index in [1.165, 1.54) is 6.20 Å². The second-order valence-corrected chi connectivity index (χ2v) is 8.32. The van der Waals surface area contributed by atoms with Gasteiger partial charge in [0.25, 0.3) is 5.91 Å². The Kier molecular flexibility index (Phi) is 7.45. The zero-order valence-corrected chi connectivity index (χ0v) is 17.7. The van der Waals surface area contributed by atoms with Crippen LogP contribution in [0, 0.1) is 5.92 Å². The number of benzene rings is 1. The van der Waals surface area contributed by atoms with Crippen LogP contribution < -0.4 is 10.1 Å². The highest BCUT2D eigenvalue weighted by atomic mass is 35.5. The molecule has 0 aliphatic heterocycles. The summed E-state index contributed by atoms with van der Waals surface area (Å²) in [6.07, 6.45) is 5.24. The Labute approximate surface area is 176 Å². The molecule has 2 atom stereocenters. The van der Waals surface area contributed by atoms with Gasteiger partial charge in [-0.05, 0) is 37.3 Å². The molecule has 1 heterocycles. The van der Waals surface area contributed by atoms with Crippen molar-refractivity contribution in [1.82, 2.24) is 15.3 Å². The van der Waals surface area contributed by atoms with Gasteiger partial charge < -0.3 is 15.2 Å². The number of halogens is 1. The molecule has 1 amide bonds. The molecule has 0 radical (unpaired) electrons. The monoisotopic (exact) mass is 417 g/mol. The Morgan fingerprint density at radius 2 is 2.00 bits per heavy atom. The normalized spacial score (nSPS) is 19.2. The van der Waals surface area contributed by atoms with Gasteiger partial charge in [-0.3, -0.25) is 4.79 Å². The third kappa shape index (κ3) is 5.90. The summed E-state index contributed by atoms with van der Waals surface area (Å²) in [5.41, 5.74) is 1.47. The van der Waals surface area contributed by atoms with E-state index in [4.69, 9.17) is 16.3 Å². The predicted octanol–water partition coefficient (Wildman–Crippen LogP) is 4.26. The molecule has 2 aromatic rings. The SMILES string of the molecule is CC(C)CCOc1ncc(C(=O)N[C@@H]2CCCC[C@H]2O)nc1-c1ccc(Cl)cc1. The first-order chi connectivity index (χ1) is 13.9. The number of amides is 1. The minimum absolute atomic E-state index is 0.198. The van der Waals surface area contributed by atoms with Gasteiger partial charge in [0.05, 0.1) is 24.9 Å². The molecule has 1 aliphatic rings. The lowest BCUT2D eigenvalue weighted by Crippen LogP contribution is -2.45. The summed E-state index contributed by atoms with van der Waals surface area (Å²) in [6.45, 7) is 4.78. The lowest BCUT2D eigenvalue weighted by molar-refractivity contribution is 0.0713. The molecular formula is C22H28ClN3O3. The van der Waals surface area contributed by atoms with Crippen molar-refractivity contribution in [1.29, 1.82) is 0 Å². The molecule has 0 saturated heterocycles. The molecule has 1 aromatic carbocycles. The predicted molar refractivity (Wildman–Crippen MR) is 113 cm³/mol. The number of hydrogen-bond donors (Lipinski definition) is 2. The standard InChI is InChI=1S/C22H28ClN3O3/c1-14(2)11-12-29-22-20(15-7-9-16(23)10-8-15)25-18(13-24-22)21(28)26-17-5-3-4-6-19(17)27/h7-10,13-14,17,19,27H,3-6,11-12H2,1-2H3,(H,26,28)/t17-,19-/m1/s1. The van der Waals surface area contributed by atoms with Crippen LogP contribution in [-0.2, 0) is 0 Å². The van der Waals surface area contributed by atoms with Crippen LogP contribution in [0.5, 0.6) is 5.88 Å². The summed E-state index contributed by atoms with van der Waals surface area (Å²) in [4.78, 5) is 21.6. The molecule has 1 fully saturated rings. The summed E-state index contributed by atoms with van der Waals surface area (Å²) in [5, 5.41) is 13.6. The smallest absolute Gasteiger partial charge is 0.271 e. The quantitative estimate of drug-likeness (QED) is 0.703. The fraction of sp³-hybridized carbons (Fsp3) is 0.500. The van der Waals surface area contributed by atoms with Crippen molar-refractivity contribution in [2.45, 2.75) is 58.1 Å². The lowest BCUT2D eigenvalue weighted by Gasteiger charge is -2.28. The second kappa shape index (κ2) is 10.0. The summed E-state index contributed by atoms with van der Waals surface area (Å²) >= 11 is 6.01. The summed E-state index contributed by atoms with van der Waals surface area (Å²) in [6, 6.07) is 6.94. The van der Waals surface area contributed by atoms with Gasteiger partial charge in [-0.2, -0.15) is 0 Å². The molecule has 0 bridgehead atoms. The van der Waals surface area contributed by atoms with Crippen molar-refractivity contribution in [3.63, 3.8) is 0 Å². The van der Waals surface area contributed by atoms with E-state index in [1.807, 2.05) is 12.1 Å². The first-order valence-electron chi connectivity index (χ1n) is 10.2. The highest BCUT2D eigenvalue weighted by Crippen LogP contribution is 2.28. The van der Waals surface area contributed by atoms with E-state index < -0.39 is 6.10 Å². The van der Waals surface area contributed by atoms with Crippen LogP contribution in [0.1, 0.15) is 56.4 Å². The third-order valence-corrected chi connectivity index (χ3v) is 5.32. The second-order valence-electron chi connectivity index (χ2n) is 7.88. The van der Waals surface area contributed by atoms with E-state index in [2.05, 4.69) is 29.1 Å². The van der Waals surface area contributed by atoms with E-state index in [0.717, 1.165) is 31.2 Å².